The summed E-state index contributed by atoms with van der Waals surface area (Å²) < 4.78 is 0. The Morgan fingerprint density at radius 2 is 2.00 bits per heavy atom. The van der Waals surface area contributed by atoms with Crippen molar-refractivity contribution < 1.29 is 4.79 Å². The highest BCUT2D eigenvalue weighted by atomic mass is 16.2. The first-order chi connectivity index (χ1) is 9.20. The fraction of sp³-hybridized carbons (Fsp3) is 0.467. The molecule has 1 saturated heterocycles. The Morgan fingerprint density at radius 1 is 1.37 bits per heavy atom. The van der Waals surface area contributed by atoms with Crippen LogP contribution in [0.15, 0.2) is 24.3 Å². The molecule has 1 N–H and O–H groups in total. The van der Waals surface area contributed by atoms with Gasteiger partial charge in [-0.3, -0.25) is 4.79 Å². The Kier molecular flexibility index (Phi) is 4.53. The van der Waals surface area contributed by atoms with Crippen molar-refractivity contribution in [3.63, 3.8) is 0 Å². The second kappa shape index (κ2) is 6.35. The molecule has 0 aliphatic carbocycles. The number of hydrogen-bond acceptors (Lipinski definition) is 3. The lowest BCUT2D eigenvalue weighted by atomic mass is 9.96. The summed E-state index contributed by atoms with van der Waals surface area (Å²) >= 11 is 0. The summed E-state index contributed by atoms with van der Waals surface area (Å²) in [7, 11) is 1.85. The molecule has 4 nitrogen and oxygen atoms in total. The molecule has 100 valence electrons. The molecule has 1 heterocycles. The molecule has 19 heavy (non-hydrogen) atoms. The zero-order valence-corrected chi connectivity index (χ0v) is 11.2. The third kappa shape index (κ3) is 3.55. The molecule has 0 aromatic heterocycles. The number of nitrogens with zero attached hydrogens (tertiary/aromatic N) is 2. The van der Waals surface area contributed by atoms with Gasteiger partial charge in [0.2, 0.25) is 5.91 Å². The Balaban J connectivity index is 1.93. The minimum Gasteiger partial charge on any atom is -0.341 e. The highest BCUT2D eigenvalue weighted by Crippen LogP contribution is 2.16. The van der Waals surface area contributed by atoms with Gasteiger partial charge in [0.05, 0.1) is 11.6 Å². The maximum absolute atomic E-state index is 12.3. The molecule has 1 aromatic carbocycles. The molecular weight excluding hydrogens is 238 g/mol. The van der Waals surface area contributed by atoms with E-state index in [2.05, 4.69) is 11.4 Å². The van der Waals surface area contributed by atoms with Crippen LogP contribution in [0.2, 0.25) is 0 Å². The summed E-state index contributed by atoms with van der Waals surface area (Å²) in [5.41, 5.74) is 1.71. The highest BCUT2D eigenvalue weighted by Gasteiger charge is 2.23. The number of piperidine rings is 1. The summed E-state index contributed by atoms with van der Waals surface area (Å²) in [5, 5.41) is 12.0. The second-order valence-corrected chi connectivity index (χ2v) is 5.03. The van der Waals surface area contributed by atoms with Gasteiger partial charge in [0, 0.05) is 19.5 Å². The van der Waals surface area contributed by atoms with E-state index in [4.69, 9.17) is 5.26 Å². The molecule has 0 bridgehead atoms. The van der Waals surface area contributed by atoms with Gasteiger partial charge in [-0.05, 0) is 43.6 Å². The molecule has 0 spiro atoms. The minimum absolute atomic E-state index is 0.157. The van der Waals surface area contributed by atoms with Crippen LogP contribution in [0.4, 0.5) is 0 Å². The topological polar surface area (TPSA) is 56.1 Å². The second-order valence-electron chi connectivity index (χ2n) is 5.03. The SMILES string of the molecule is CN(Cc1ccc(C#N)cc1)C(=O)C1CCNCC1. The Labute approximate surface area is 114 Å². The smallest absolute Gasteiger partial charge is 0.225 e. The maximum Gasteiger partial charge on any atom is 0.225 e. The van der Waals surface area contributed by atoms with Gasteiger partial charge in [-0.25, -0.2) is 0 Å². The molecule has 0 radical (unpaired) electrons. The van der Waals surface area contributed by atoms with Gasteiger partial charge in [0.1, 0.15) is 0 Å². The van der Waals surface area contributed by atoms with Crippen molar-refractivity contribution in [3.05, 3.63) is 35.4 Å². The number of amides is 1. The summed E-state index contributed by atoms with van der Waals surface area (Å²) in [5.74, 6) is 0.385. The number of benzene rings is 1. The largest absolute Gasteiger partial charge is 0.341 e. The molecule has 1 fully saturated rings. The van der Waals surface area contributed by atoms with Gasteiger partial charge >= 0.3 is 0 Å². The number of nitrogens with one attached hydrogen (secondary N) is 1. The zero-order chi connectivity index (χ0) is 13.7. The fourth-order valence-corrected chi connectivity index (χ4v) is 2.42. The Bertz CT molecular complexity index is 469. The van der Waals surface area contributed by atoms with E-state index in [1.165, 1.54) is 0 Å². The van der Waals surface area contributed by atoms with Gasteiger partial charge in [-0.1, -0.05) is 12.1 Å². The average Bonchev–Trinajstić information content (AvgIpc) is 2.48. The molecule has 1 aliphatic rings. The summed E-state index contributed by atoms with van der Waals surface area (Å²) in [6.45, 7) is 2.47. The summed E-state index contributed by atoms with van der Waals surface area (Å²) in [4.78, 5) is 14.1. The average molecular weight is 257 g/mol. The van der Waals surface area contributed by atoms with Gasteiger partial charge in [-0.2, -0.15) is 5.26 Å². The molecule has 1 amide bonds. The van der Waals surface area contributed by atoms with Crippen molar-refractivity contribution in [1.29, 1.82) is 5.26 Å². The fourth-order valence-electron chi connectivity index (χ4n) is 2.42. The van der Waals surface area contributed by atoms with E-state index in [0.717, 1.165) is 31.5 Å². The van der Waals surface area contributed by atoms with Crippen LogP contribution >= 0.6 is 0 Å². The van der Waals surface area contributed by atoms with Crippen LogP contribution in [0, 0.1) is 17.2 Å². The van der Waals surface area contributed by atoms with Crippen LogP contribution in [0.1, 0.15) is 24.0 Å². The Morgan fingerprint density at radius 3 is 2.58 bits per heavy atom. The lowest BCUT2D eigenvalue weighted by molar-refractivity contribution is -0.135. The number of rotatable bonds is 3. The van der Waals surface area contributed by atoms with E-state index >= 15 is 0 Å². The number of carbonyl (C=O) groups is 1. The first kappa shape index (κ1) is 13.6. The predicted octanol–water partition coefficient (Wildman–Crippen LogP) is 1.52. The third-order valence-corrected chi connectivity index (χ3v) is 3.57. The van der Waals surface area contributed by atoms with E-state index in [9.17, 15) is 4.79 Å². The molecule has 1 aliphatic heterocycles. The molecule has 0 saturated carbocycles. The monoisotopic (exact) mass is 257 g/mol. The zero-order valence-electron chi connectivity index (χ0n) is 11.2. The number of carbonyl (C=O) groups excluding carboxylic acids is 1. The lowest BCUT2D eigenvalue weighted by Crippen LogP contribution is -2.38. The van der Waals surface area contributed by atoms with Crippen molar-refractivity contribution in [1.82, 2.24) is 10.2 Å². The van der Waals surface area contributed by atoms with E-state index < -0.39 is 0 Å². The maximum atomic E-state index is 12.3. The van der Waals surface area contributed by atoms with Crippen molar-refractivity contribution in [3.8, 4) is 6.07 Å². The summed E-state index contributed by atoms with van der Waals surface area (Å²) in [6, 6.07) is 9.49. The van der Waals surface area contributed by atoms with Gasteiger partial charge < -0.3 is 10.2 Å². The van der Waals surface area contributed by atoms with E-state index in [0.29, 0.717) is 12.1 Å². The van der Waals surface area contributed by atoms with Crippen molar-refractivity contribution >= 4 is 5.91 Å². The molecule has 2 rings (SSSR count). The van der Waals surface area contributed by atoms with Crippen LogP contribution in [0.3, 0.4) is 0 Å². The highest BCUT2D eigenvalue weighted by molar-refractivity contribution is 5.78. The molecular formula is C15H19N3O. The van der Waals surface area contributed by atoms with E-state index in [-0.39, 0.29) is 11.8 Å². The van der Waals surface area contributed by atoms with Gasteiger partial charge in [0.25, 0.3) is 0 Å². The van der Waals surface area contributed by atoms with Crippen LogP contribution in [-0.4, -0.2) is 30.9 Å². The van der Waals surface area contributed by atoms with Crippen LogP contribution in [-0.2, 0) is 11.3 Å². The van der Waals surface area contributed by atoms with E-state index in [1.807, 2.05) is 19.2 Å². The van der Waals surface area contributed by atoms with Gasteiger partial charge in [0.15, 0.2) is 0 Å². The first-order valence-electron chi connectivity index (χ1n) is 6.65. The van der Waals surface area contributed by atoms with Crippen LogP contribution in [0.25, 0.3) is 0 Å². The van der Waals surface area contributed by atoms with Crippen LogP contribution in [0.5, 0.6) is 0 Å². The molecule has 0 unspecified atom stereocenters. The van der Waals surface area contributed by atoms with Gasteiger partial charge in [-0.15, -0.1) is 0 Å². The number of hydrogen-bond donors (Lipinski definition) is 1. The Hall–Kier alpha value is -1.86. The van der Waals surface area contributed by atoms with Crippen molar-refractivity contribution in [2.24, 2.45) is 5.92 Å². The minimum atomic E-state index is 0.157. The molecule has 0 atom stereocenters. The quantitative estimate of drug-likeness (QED) is 0.893. The molecule has 4 heteroatoms. The van der Waals surface area contributed by atoms with E-state index in [1.54, 1.807) is 17.0 Å². The predicted molar refractivity (Wildman–Crippen MR) is 73.2 cm³/mol. The lowest BCUT2D eigenvalue weighted by Gasteiger charge is -2.27. The van der Waals surface area contributed by atoms with Crippen LogP contribution < -0.4 is 5.32 Å². The third-order valence-electron chi connectivity index (χ3n) is 3.57. The first-order valence-corrected chi connectivity index (χ1v) is 6.65. The number of nitriles is 1. The van der Waals surface area contributed by atoms with Crippen molar-refractivity contribution in [2.75, 3.05) is 20.1 Å². The summed E-state index contributed by atoms with van der Waals surface area (Å²) in [6.07, 6.45) is 1.85. The normalized spacial score (nSPS) is 15.8. The standard InChI is InChI=1S/C15H19N3O/c1-18(15(19)14-6-8-17-9-7-14)11-13-4-2-12(10-16)3-5-13/h2-5,14,17H,6-9,11H2,1H3. The van der Waals surface area contributed by atoms with Crippen molar-refractivity contribution in [2.45, 2.75) is 19.4 Å². The molecule has 1 aromatic rings.